The van der Waals surface area contributed by atoms with Crippen LogP contribution >= 0.6 is 0 Å². The van der Waals surface area contributed by atoms with Gasteiger partial charge in [-0.15, -0.1) is 0 Å². The molecule has 0 aromatic heterocycles. The van der Waals surface area contributed by atoms with E-state index in [1.807, 2.05) is 42.5 Å². The van der Waals surface area contributed by atoms with Gasteiger partial charge < -0.3 is 14.8 Å². The molecule has 0 N–H and O–H groups in total. The highest BCUT2D eigenvalue weighted by atomic mass is 16.4. The van der Waals surface area contributed by atoms with Crippen LogP contribution in [-0.4, -0.2) is 23.3 Å². The van der Waals surface area contributed by atoms with Gasteiger partial charge in [0.15, 0.2) is 0 Å². The predicted molar refractivity (Wildman–Crippen MR) is 72.5 cm³/mol. The number of nitrogens with zero attached hydrogens (tertiary/aromatic N) is 1. The molecule has 1 aliphatic heterocycles. The number of likely N-dealkylation sites (tertiary alicyclic amines) is 1. The molecule has 2 aromatic carbocycles. The number of carboxylic acid groups (broad SMARTS) is 1. The van der Waals surface area contributed by atoms with Crippen LogP contribution in [0.15, 0.2) is 42.5 Å². The molecule has 0 aliphatic carbocycles. The van der Waals surface area contributed by atoms with Crippen molar-refractivity contribution in [2.24, 2.45) is 5.92 Å². The van der Waals surface area contributed by atoms with Crippen LogP contribution in [0.1, 0.15) is 12.0 Å². The molecule has 20 heavy (non-hydrogen) atoms. The Balaban J connectivity index is 1.87. The van der Waals surface area contributed by atoms with E-state index in [9.17, 15) is 14.7 Å². The molecule has 4 nitrogen and oxygen atoms in total. The number of hydrogen-bond acceptors (Lipinski definition) is 3. The van der Waals surface area contributed by atoms with Crippen LogP contribution < -0.4 is 5.11 Å². The highest BCUT2D eigenvalue weighted by Crippen LogP contribution is 2.24. The minimum atomic E-state index is -1.14. The molecule has 0 unspecified atom stereocenters. The normalized spacial score (nSPS) is 18.7. The smallest absolute Gasteiger partial charge is 0.223 e. The fraction of sp³-hybridized carbons (Fsp3) is 0.250. The highest BCUT2D eigenvalue weighted by molar-refractivity contribution is 5.88. The molecule has 1 atom stereocenters. The van der Waals surface area contributed by atoms with Gasteiger partial charge in [-0.05, 0) is 16.3 Å². The summed E-state index contributed by atoms with van der Waals surface area (Å²) in [5.41, 5.74) is 1.04. The molecule has 1 aliphatic rings. The highest BCUT2D eigenvalue weighted by Gasteiger charge is 2.30. The number of amides is 1. The Kier molecular flexibility index (Phi) is 3.14. The third-order valence-corrected chi connectivity index (χ3v) is 3.79. The van der Waals surface area contributed by atoms with E-state index in [4.69, 9.17) is 0 Å². The van der Waals surface area contributed by atoms with E-state index in [0.29, 0.717) is 6.54 Å². The second-order valence-corrected chi connectivity index (χ2v) is 5.13. The van der Waals surface area contributed by atoms with Gasteiger partial charge in [0.1, 0.15) is 0 Å². The Morgan fingerprint density at radius 1 is 1.20 bits per heavy atom. The summed E-state index contributed by atoms with van der Waals surface area (Å²) >= 11 is 0. The monoisotopic (exact) mass is 268 g/mol. The number of carboxylic acids is 1. The van der Waals surface area contributed by atoms with Crippen molar-refractivity contribution in [2.45, 2.75) is 13.0 Å². The van der Waals surface area contributed by atoms with Crippen LogP contribution in [0, 0.1) is 5.92 Å². The molecule has 0 spiro atoms. The third-order valence-electron chi connectivity index (χ3n) is 3.79. The molecular weight excluding hydrogens is 254 g/mol. The van der Waals surface area contributed by atoms with Gasteiger partial charge >= 0.3 is 0 Å². The van der Waals surface area contributed by atoms with Crippen LogP contribution in [0.3, 0.4) is 0 Å². The van der Waals surface area contributed by atoms with E-state index in [1.165, 1.54) is 0 Å². The van der Waals surface area contributed by atoms with Crippen molar-refractivity contribution in [3.8, 4) is 0 Å². The standard InChI is InChI=1S/C16H15NO3/c18-15-8-13(16(19)20)10-17(15)9-12-6-3-5-11-4-1-2-7-14(11)12/h1-7,13H,8-10H2,(H,19,20)/p-1/t13-/m1/s1. The number of rotatable bonds is 3. The van der Waals surface area contributed by atoms with Gasteiger partial charge in [0.2, 0.25) is 5.91 Å². The van der Waals surface area contributed by atoms with Crippen LogP contribution in [0.2, 0.25) is 0 Å². The van der Waals surface area contributed by atoms with Crippen LogP contribution in [0.4, 0.5) is 0 Å². The average molecular weight is 268 g/mol. The van der Waals surface area contributed by atoms with Crippen molar-refractivity contribution in [1.29, 1.82) is 0 Å². The topological polar surface area (TPSA) is 60.4 Å². The van der Waals surface area contributed by atoms with Gasteiger partial charge in [0, 0.05) is 31.4 Å². The minimum absolute atomic E-state index is 0.0487. The second kappa shape index (κ2) is 4.96. The number of carbonyl (C=O) groups is 2. The quantitative estimate of drug-likeness (QED) is 0.832. The van der Waals surface area contributed by atoms with Gasteiger partial charge in [0.25, 0.3) is 0 Å². The first-order chi connectivity index (χ1) is 9.65. The summed E-state index contributed by atoms with van der Waals surface area (Å²) in [6.45, 7) is 0.689. The van der Waals surface area contributed by atoms with Crippen molar-refractivity contribution < 1.29 is 14.7 Å². The maximum atomic E-state index is 11.9. The van der Waals surface area contributed by atoms with Crippen LogP contribution in [-0.2, 0) is 16.1 Å². The zero-order valence-electron chi connectivity index (χ0n) is 10.9. The lowest BCUT2D eigenvalue weighted by Gasteiger charge is -2.18. The number of benzene rings is 2. The molecule has 102 valence electrons. The summed E-state index contributed by atoms with van der Waals surface area (Å²) in [7, 11) is 0. The van der Waals surface area contributed by atoms with Crippen LogP contribution in [0.5, 0.6) is 0 Å². The summed E-state index contributed by atoms with van der Waals surface area (Å²) in [6, 6.07) is 13.9. The maximum Gasteiger partial charge on any atom is 0.223 e. The molecule has 2 aromatic rings. The first kappa shape index (κ1) is 12.7. The van der Waals surface area contributed by atoms with E-state index in [1.54, 1.807) is 4.90 Å². The Labute approximate surface area is 116 Å². The number of hydrogen-bond donors (Lipinski definition) is 0. The molecule has 1 saturated heterocycles. The van der Waals surface area contributed by atoms with Crippen molar-refractivity contribution in [1.82, 2.24) is 4.90 Å². The molecule has 3 rings (SSSR count). The number of aliphatic carboxylic acids is 1. The molecule has 1 heterocycles. The molecule has 0 bridgehead atoms. The fourth-order valence-corrected chi connectivity index (χ4v) is 2.72. The van der Waals surface area contributed by atoms with E-state index in [0.717, 1.165) is 16.3 Å². The van der Waals surface area contributed by atoms with Crippen molar-refractivity contribution >= 4 is 22.6 Å². The summed E-state index contributed by atoms with van der Waals surface area (Å²) in [6.07, 6.45) is 0.0487. The molecule has 0 saturated carbocycles. The number of fused-ring (bicyclic) bond motifs is 1. The van der Waals surface area contributed by atoms with E-state index in [2.05, 4.69) is 0 Å². The zero-order chi connectivity index (χ0) is 14.1. The Morgan fingerprint density at radius 3 is 2.70 bits per heavy atom. The van der Waals surface area contributed by atoms with Crippen molar-refractivity contribution in [2.75, 3.05) is 6.54 Å². The van der Waals surface area contributed by atoms with E-state index in [-0.39, 0.29) is 18.9 Å². The molecule has 1 amide bonds. The Bertz CT molecular complexity index is 675. The van der Waals surface area contributed by atoms with Crippen molar-refractivity contribution in [3.05, 3.63) is 48.0 Å². The Morgan fingerprint density at radius 2 is 1.95 bits per heavy atom. The average Bonchev–Trinajstić information content (AvgIpc) is 2.81. The first-order valence-electron chi connectivity index (χ1n) is 6.60. The summed E-state index contributed by atoms with van der Waals surface area (Å²) < 4.78 is 0. The van der Waals surface area contributed by atoms with Gasteiger partial charge in [-0.1, -0.05) is 42.5 Å². The molecule has 0 radical (unpaired) electrons. The van der Waals surface area contributed by atoms with Gasteiger partial charge in [0.05, 0.1) is 0 Å². The lowest BCUT2D eigenvalue weighted by Crippen LogP contribution is -2.33. The zero-order valence-corrected chi connectivity index (χ0v) is 10.9. The van der Waals surface area contributed by atoms with Crippen LogP contribution in [0.25, 0.3) is 10.8 Å². The lowest BCUT2D eigenvalue weighted by atomic mass is 10.0. The maximum absolute atomic E-state index is 11.9. The molecule has 4 heteroatoms. The SMILES string of the molecule is O=C([O-])[C@@H]1CC(=O)N(Cc2cccc3ccccc23)C1. The van der Waals surface area contributed by atoms with Gasteiger partial charge in [-0.25, -0.2) is 0 Å². The van der Waals surface area contributed by atoms with Crippen molar-refractivity contribution in [3.63, 3.8) is 0 Å². The molecular formula is C16H14NO3-. The summed E-state index contributed by atoms with van der Waals surface area (Å²) in [5.74, 6) is -1.94. The van der Waals surface area contributed by atoms with Gasteiger partial charge in [-0.2, -0.15) is 0 Å². The largest absolute Gasteiger partial charge is 0.550 e. The fourth-order valence-electron chi connectivity index (χ4n) is 2.72. The van der Waals surface area contributed by atoms with Gasteiger partial charge in [-0.3, -0.25) is 4.79 Å². The number of carbonyl (C=O) groups excluding carboxylic acids is 2. The predicted octanol–water partition coefficient (Wildman–Crippen LogP) is 0.938. The summed E-state index contributed by atoms with van der Waals surface area (Å²) in [4.78, 5) is 24.3. The Hall–Kier alpha value is -2.36. The lowest BCUT2D eigenvalue weighted by molar-refractivity contribution is -0.311. The molecule has 1 fully saturated rings. The summed E-state index contributed by atoms with van der Waals surface area (Å²) in [5, 5.41) is 13.1. The first-order valence-corrected chi connectivity index (χ1v) is 6.60. The minimum Gasteiger partial charge on any atom is -0.550 e. The third kappa shape index (κ3) is 2.25. The van der Waals surface area contributed by atoms with E-state index >= 15 is 0 Å². The second-order valence-electron chi connectivity index (χ2n) is 5.13. The van der Waals surface area contributed by atoms with E-state index < -0.39 is 11.9 Å².